The lowest BCUT2D eigenvalue weighted by atomic mass is 9.66. The van der Waals surface area contributed by atoms with Gasteiger partial charge in [-0.3, -0.25) is 9.59 Å². The van der Waals surface area contributed by atoms with Crippen LogP contribution in [0, 0.1) is 5.41 Å². The summed E-state index contributed by atoms with van der Waals surface area (Å²) in [6, 6.07) is 3.43. The maximum Gasteiger partial charge on any atom is 0.303 e. The van der Waals surface area contributed by atoms with Crippen molar-refractivity contribution in [3.05, 3.63) is 23.7 Å². The molecule has 5 nitrogen and oxygen atoms in total. The van der Waals surface area contributed by atoms with Crippen LogP contribution in [0.25, 0.3) is 0 Å². The van der Waals surface area contributed by atoms with Crippen molar-refractivity contribution < 1.29 is 19.1 Å². The van der Waals surface area contributed by atoms with E-state index in [0.717, 1.165) is 31.4 Å². The maximum atomic E-state index is 11.9. The van der Waals surface area contributed by atoms with Gasteiger partial charge in [-0.1, -0.05) is 13.3 Å². The first-order chi connectivity index (χ1) is 9.04. The lowest BCUT2D eigenvalue weighted by molar-refractivity contribution is -0.141. The summed E-state index contributed by atoms with van der Waals surface area (Å²) >= 11 is 0. The molecular weight excluding hydrogens is 246 g/mol. The second kappa shape index (κ2) is 5.47. The first-order valence-corrected chi connectivity index (χ1v) is 6.63. The van der Waals surface area contributed by atoms with Gasteiger partial charge in [0, 0.05) is 13.0 Å². The SMILES string of the molecule is CCc1ccc(C(=O)NCC2(CC(=O)O)CCC2)o1. The molecule has 2 rings (SSSR count). The molecule has 1 aliphatic rings. The summed E-state index contributed by atoms with van der Waals surface area (Å²) in [5, 5.41) is 11.7. The molecule has 0 aromatic carbocycles. The number of carboxylic acids is 1. The van der Waals surface area contributed by atoms with Crippen LogP contribution >= 0.6 is 0 Å². The molecule has 2 N–H and O–H groups in total. The van der Waals surface area contributed by atoms with Crippen molar-refractivity contribution in [2.45, 2.75) is 39.0 Å². The highest BCUT2D eigenvalue weighted by Gasteiger charge is 2.39. The third-order valence-electron chi connectivity index (χ3n) is 3.80. The zero-order valence-electron chi connectivity index (χ0n) is 11.1. The van der Waals surface area contributed by atoms with Crippen LogP contribution in [0.3, 0.4) is 0 Å². The fourth-order valence-corrected chi connectivity index (χ4v) is 2.46. The van der Waals surface area contributed by atoms with E-state index in [4.69, 9.17) is 9.52 Å². The minimum absolute atomic E-state index is 0.117. The van der Waals surface area contributed by atoms with E-state index in [1.807, 2.05) is 6.92 Å². The van der Waals surface area contributed by atoms with Crippen molar-refractivity contribution in [2.75, 3.05) is 6.54 Å². The molecule has 19 heavy (non-hydrogen) atoms. The van der Waals surface area contributed by atoms with Gasteiger partial charge >= 0.3 is 5.97 Å². The number of rotatable bonds is 6. The van der Waals surface area contributed by atoms with Gasteiger partial charge in [-0.25, -0.2) is 0 Å². The van der Waals surface area contributed by atoms with E-state index in [9.17, 15) is 9.59 Å². The van der Waals surface area contributed by atoms with Gasteiger partial charge in [-0.05, 0) is 30.4 Å². The molecule has 1 heterocycles. The highest BCUT2D eigenvalue weighted by molar-refractivity contribution is 5.91. The highest BCUT2D eigenvalue weighted by Crippen LogP contribution is 2.43. The molecule has 0 aliphatic heterocycles. The Morgan fingerprint density at radius 1 is 1.42 bits per heavy atom. The van der Waals surface area contributed by atoms with Gasteiger partial charge in [0.25, 0.3) is 5.91 Å². The van der Waals surface area contributed by atoms with Crippen LogP contribution in [0.4, 0.5) is 0 Å². The lowest BCUT2D eigenvalue weighted by Gasteiger charge is -2.40. The number of nitrogens with one attached hydrogen (secondary N) is 1. The summed E-state index contributed by atoms with van der Waals surface area (Å²) in [4.78, 5) is 22.7. The van der Waals surface area contributed by atoms with Gasteiger partial charge in [0.2, 0.25) is 0 Å². The van der Waals surface area contributed by atoms with Crippen molar-refractivity contribution >= 4 is 11.9 Å². The maximum absolute atomic E-state index is 11.9. The van der Waals surface area contributed by atoms with Crippen LogP contribution in [-0.2, 0) is 11.2 Å². The van der Waals surface area contributed by atoms with Crippen LogP contribution in [0.2, 0.25) is 0 Å². The minimum atomic E-state index is -0.805. The number of carbonyl (C=O) groups is 2. The largest absolute Gasteiger partial charge is 0.481 e. The second-order valence-corrected chi connectivity index (χ2v) is 5.23. The van der Waals surface area contributed by atoms with E-state index in [1.165, 1.54) is 0 Å². The molecular formula is C14H19NO4. The average Bonchev–Trinajstić information content (AvgIpc) is 2.80. The normalized spacial score (nSPS) is 16.7. The zero-order valence-corrected chi connectivity index (χ0v) is 11.1. The summed E-state index contributed by atoms with van der Waals surface area (Å²) < 4.78 is 5.36. The summed E-state index contributed by atoms with van der Waals surface area (Å²) in [5.74, 6) is -0.00716. The van der Waals surface area contributed by atoms with Gasteiger partial charge < -0.3 is 14.8 Å². The predicted molar refractivity (Wildman–Crippen MR) is 69.0 cm³/mol. The summed E-state index contributed by atoms with van der Waals surface area (Å²) in [6.07, 6.45) is 3.61. The summed E-state index contributed by atoms with van der Waals surface area (Å²) in [7, 11) is 0. The van der Waals surface area contributed by atoms with E-state index in [0.29, 0.717) is 12.3 Å². The Balaban J connectivity index is 1.90. The Morgan fingerprint density at radius 3 is 2.63 bits per heavy atom. The van der Waals surface area contributed by atoms with E-state index in [2.05, 4.69) is 5.32 Å². The molecule has 1 amide bonds. The minimum Gasteiger partial charge on any atom is -0.481 e. The van der Waals surface area contributed by atoms with Crippen LogP contribution in [-0.4, -0.2) is 23.5 Å². The van der Waals surface area contributed by atoms with Crippen LogP contribution < -0.4 is 5.32 Å². The molecule has 5 heteroatoms. The molecule has 104 valence electrons. The number of hydrogen-bond donors (Lipinski definition) is 2. The number of furan rings is 1. The van der Waals surface area contributed by atoms with E-state index in [-0.39, 0.29) is 17.7 Å². The van der Waals surface area contributed by atoms with Crippen molar-refractivity contribution in [1.82, 2.24) is 5.32 Å². The standard InChI is InChI=1S/C14H19NO4/c1-2-10-4-5-11(19-10)13(18)15-9-14(6-3-7-14)8-12(16)17/h4-5H,2-3,6-9H2,1H3,(H,15,18)(H,16,17). The number of hydrogen-bond acceptors (Lipinski definition) is 3. The highest BCUT2D eigenvalue weighted by atomic mass is 16.4. The number of carboxylic acid groups (broad SMARTS) is 1. The van der Waals surface area contributed by atoms with Gasteiger partial charge in [-0.15, -0.1) is 0 Å². The molecule has 0 radical (unpaired) electrons. The number of aryl methyl sites for hydroxylation is 1. The average molecular weight is 265 g/mol. The molecule has 1 saturated carbocycles. The van der Waals surface area contributed by atoms with Crippen molar-refractivity contribution in [1.29, 1.82) is 0 Å². The fraction of sp³-hybridized carbons (Fsp3) is 0.571. The third-order valence-corrected chi connectivity index (χ3v) is 3.80. The molecule has 1 fully saturated rings. The molecule has 0 spiro atoms. The van der Waals surface area contributed by atoms with Crippen LogP contribution in [0.1, 0.15) is 48.9 Å². The molecule has 1 aliphatic carbocycles. The van der Waals surface area contributed by atoms with E-state index in [1.54, 1.807) is 12.1 Å². The van der Waals surface area contributed by atoms with Gasteiger partial charge in [0.1, 0.15) is 5.76 Å². The van der Waals surface area contributed by atoms with E-state index < -0.39 is 5.97 Å². The first-order valence-electron chi connectivity index (χ1n) is 6.63. The Labute approximate surface area is 112 Å². The molecule has 1 aromatic heterocycles. The van der Waals surface area contributed by atoms with E-state index >= 15 is 0 Å². The van der Waals surface area contributed by atoms with Crippen LogP contribution in [0.5, 0.6) is 0 Å². The first kappa shape index (κ1) is 13.6. The second-order valence-electron chi connectivity index (χ2n) is 5.23. The quantitative estimate of drug-likeness (QED) is 0.826. The predicted octanol–water partition coefficient (Wildman–Crippen LogP) is 2.22. The molecule has 0 atom stereocenters. The summed E-state index contributed by atoms with van der Waals surface area (Å²) in [5.41, 5.74) is -0.262. The Morgan fingerprint density at radius 2 is 2.16 bits per heavy atom. The van der Waals surface area contributed by atoms with Crippen LogP contribution in [0.15, 0.2) is 16.5 Å². The summed E-state index contributed by atoms with van der Waals surface area (Å²) in [6.45, 7) is 2.36. The number of amides is 1. The van der Waals surface area contributed by atoms with Crippen molar-refractivity contribution in [3.63, 3.8) is 0 Å². The molecule has 0 bridgehead atoms. The Bertz CT molecular complexity index is 474. The number of aliphatic carboxylic acids is 1. The zero-order chi connectivity index (χ0) is 13.9. The van der Waals surface area contributed by atoms with Crippen molar-refractivity contribution in [3.8, 4) is 0 Å². The Kier molecular flexibility index (Phi) is 3.93. The molecule has 0 saturated heterocycles. The third kappa shape index (κ3) is 3.16. The molecule has 0 unspecified atom stereocenters. The number of carbonyl (C=O) groups excluding carboxylic acids is 1. The van der Waals surface area contributed by atoms with Gasteiger partial charge in [-0.2, -0.15) is 0 Å². The fourth-order valence-electron chi connectivity index (χ4n) is 2.46. The van der Waals surface area contributed by atoms with Gasteiger partial charge in [0.05, 0.1) is 6.42 Å². The topological polar surface area (TPSA) is 79.5 Å². The van der Waals surface area contributed by atoms with Gasteiger partial charge in [0.15, 0.2) is 5.76 Å². The lowest BCUT2D eigenvalue weighted by Crippen LogP contribution is -2.43. The smallest absolute Gasteiger partial charge is 0.303 e. The monoisotopic (exact) mass is 265 g/mol. The Hall–Kier alpha value is -1.78. The molecule has 1 aromatic rings. The van der Waals surface area contributed by atoms with Crippen molar-refractivity contribution in [2.24, 2.45) is 5.41 Å².